The number of anilines is 1. The van der Waals surface area contributed by atoms with Crippen LogP contribution in [0.1, 0.15) is 23.2 Å². The maximum absolute atomic E-state index is 12.7. The number of hydrogen-bond donors (Lipinski definition) is 1. The molecule has 1 amide bonds. The number of amides is 1. The van der Waals surface area contributed by atoms with E-state index >= 15 is 0 Å². The highest BCUT2D eigenvalue weighted by molar-refractivity contribution is 9.11. The zero-order valence-corrected chi connectivity index (χ0v) is 16.9. The fourth-order valence-corrected chi connectivity index (χ4v) is 4.35. The van der Waals surface area contributed by atoms with Crippen LogP contribution in [-0.4, -0.2) is 24.4 Å². The van der Waals surface area contributed by atoms with Gasteiger partial charge < -0.3 is 10.1 Å². The second-order valence-corrected chi connectivity index (χ2v) is 8.35. The van der Waals surface area contributed by atoms with E-state index in [1.54, 1.807) is 11.8 Å². The normalized spacial score (nSPS) is 17.0. The maximum Gasteiger partial charge on any atom is 0.256 e. The van der Waals surface area contributed by atoms with Crippen molar-refractivity contribution < 1.29 is 9.53 Å². The molecule has 0 aromatic heterocycles. The van der Waals surface area contributed by atoms with E-state index in [0.29, 0.717) is 11.7 Å². The summed E-state index contributed by atoms with van der Waals surface area (Å²) >= 11 is 8.58. The van der Waals surface area contributed by atoms with Crippen molar-refractivity contribution in [1.82, 2.24) is 0 Å². The van der Waals surface area contributed by atoms with Crippen molar-refractivity contribution in [3.63, 3.8) is 0 Å². The van der Waals surface area contributed by atoms with E-state index < -0.39 is 0 Å². The Bertz CT molecular complexity index is 733. The summed E-state index contributed by atoms with van der Waals surface area (Å²) in [5.41, 5.74) is 1.43. The number of carbonyl (C=O) groups is 1. The second kappa shape index (κ2) is 8.52. The number of ether oxygens (including phenoxy) is 1. The molecule has 1 heterocycles. The molecular formula is C18H17Br2NO2S. The van der Waals surface area contributed by atoms with Gasteiger partial charge >= 0.3 is 0 Å². The number of nitrogens with one attached hydrogen (secondary N) is 1. The van der Waals surface area contributed by atoms with Gasteiger partial charge in [0.2, 0.25) is 0 Å². The first kappa shape index (κ1) is 18.0. The summed E-state index contributed by atoms with van der Waals surface area (Å²) in [6, 6.07) is 13.4. The highest BCUT2D eigenvalue weighted by atomic mass is 79.9. The van der Waals surface area contributed by atoms with Crippen LogP contribution >= 0.6 is 43.6 Å². The molecule has 1 aliphatic rings. The summed E-state index contributed by atoms with van der Waals surface area (Å²) in [7, 11) is 0. The third kappa shape index (κ3) is 4.63. The fraction of sp³-hybridized carbons (Fsp3) is 0.278. The number of rotatable bonds is 5. The molecule has 126 valence electrons. The first-order valence-corrected chi connectivity index (χ1v) is 10.3. The van der Waals surface area contributed by atoms with E-state index in [9.17, 15) is 4.79 Å². The number of halogens is 2. The Morgan fingerprint density at radius 1 is 1.25 bits per heavy atom. The van der Waals surface area contributed by atoms with E-state index in [4.69, 9.17) is 4.74 Å². The highest BCUT2D eigenvalue weighted by Gasteiger charge is 2.18. The lowest BCUT2D eigenvalue weighted by Gasteiger charge is -2.13. The Morgan fingerprint density at radius 3 is 2.88 bits per heavy atom. The van der Waals surface area contributed by atoms with Gasteiger partial charge in [-0.1, -0.05) is 28.1 Å². The zero-order chi connectivity index (χ0) is 16.9. The molecule has 3 nitrogen and oxygen atoms in total. The van der Waals surface area contributed by atoms with Gasteiger partial charge in [0.25, 0.3) is 5.91 Å². The summed E-state index contributed by atoms with van der Waals surface area (Å²) in [4.78, 5) is 13.7. The summed E-state index contributed by atoms with van der Waals surface area (Å²) in [5, 5.41) is 2.98. The number of thioether (sulfide) groups is 1. The van der Waals surface area contributed by atoms with E-state index in [-0.39, 0.29) is 5.91 Å². The van der Waals surface area contributed by atoms with Crippen LogP contribution in [0.4, 0.5) is 5.69 Å². The Balaban J connectivity index is 1.73. The average Bonchev–Trinajstić information content (AvgIpc) is 3.10. The van der Waals surface area contributed by atoms with Crippen molar-refractivity contribution >= 4 is 55.2 Å². The lowest BCUT2D eigenvalue weighted by atomic mass is 10.2. The lowest BCUT2D eigenvalue weighted by molar-refractivity contribution is 0.102. The molecule has 0 radical (unpaired) electrons. The summed E-state index contributed by atoms with van der Waals surface area (Å²) in [6.07, 6.45) is 2.53. The van der Waals surface area contributed by atoms with Crippen molar-refractivity contribution in [2.45, 2.75) is 23.8 Å². The van der Waals surface area contributed by atoms with Crippen molar-refractivity contribution in [1.29, 1.82) is 0 Å². The van der Waals surface area contributed by atoms with Gasteiger partial charge in [0, 0.05) is 26.2 Å². The molecular weight excluding hydrogens is 454 g/mol. The van der Waals surface area contributed by atoms with Crippen molar-refractivity contribution in [3.8, 4) is 0 Å². The largest absolute Gasteiger partial charge is 0.377 e. The fourth-order valence-electron chi connectivity index (χ4n) is 2.52. The van der Waals surface area contributed by atoms with E-state index in [2.05, 4.69) is 37.2 Å². The maximum atomic E-state index is 12.7. The molecule has 6 heteroatoms. The quantitative estimate of drug-likeness (QED) is 0.566. The third-order valence-corrected chi connectivity index (χ3v) is 6.15. The van der Waals surface area contributed by atoms with Crippen LogP contribution < -0.4 is 5.32 Å². The zero-order valence-electron chi connectivity index (χ0n) is 12.9. The monoisotopic (exact) mass is 469 g/mol. The molecule has 1 saturated heterocycles. The minimum atomic E-state index is -0.107. The number of hydrogen-bond acceptors (Lipinski definition) is 3. The Hall–Kier alpha value is -0.820. The molecule has 1 atom stereocenters. The highest BCUT2D eigenvalue weighted by Crippen LogP contribution is 2.29. The molecule has 3 rings (SSSR count). The predicted molar refractivity (Wildman–Crippen MR) is 106 cm³/mol. The molecule has 1 fully saturated rings. The van der Waals surface area contributed by atoms with Crippen LogP contribution in [-0.2, 0) is 4.74 Å². The smallest absolute Gasteiger partial charge is 0.256 e. The van der Waals surface area contributed by atoms with Gasteiger partial charge in [-0.25, -0.2) is 0 Å². The first-order chi connectivity index (χ1) is 11.6. The Labute approximate surface area is 162 Å². The molecule has 0 saturated carbocycles. The summed E-state index contributed by atoms with van der Waals surface area (Å²) in [5.74, 6) is 0.773. The van der Waals surface area contributed by atoms with Crippen LogP contribution in [0.15, 0.2) is 56.3 Å². The average molecular weight is 471 g/mol. The van der Waals surface area contributed by atoms with Gasteiger partial charge in [0.1, 0.15) is 0 Å². The summed E-state index contributed by atoms with van der Waals surface area (Å²) < 4.78 is 7.44. The Morgan fingerprint density at radius 2 is 2.08 bits per heavy atom. The number of carbonyl (C=O) groups excluding carboxylic acids is 1. The second-order valence-electron chi connectivity index (χ2n) is 5.52. The van der Waals surface area contributed by atoms with Crippen LogP contribution in [0, 0.1) is 0 Å². The molecule has 1 N–H and O–H groups in total. The van der Waals surface area contributed by atoms with Crippen molar-refractivity contribution in [2.24, 2.45) is 0 Å². The van der Waals surface area contributed by atoms with Gasteiger partial charge in [0.05, 0.1) is 17.4 Å². The van der Waals surface area contributed by atoms with E-state index in [0.717, 1.165) is 44.7 Å². The molecule has 2 aromatic carbocycles. The standard InChI is InChI=1S/C18H17Br2NO2S/c19-12-7-8-15(20)16(10-12)21-18(22)14-5-1-2-6-17(14)24-11-13-4-3-9-23-13/h1-2,5-8,10,13H,3-4,9,11H2,(H,21,22). The van der Waals surface area contributed by atoms with Crippen LogP contribution in [0.3, 0.4) is 0 Å². The minimum Gasteiger partial charge on any atom is -0.377 e. The topological polar surface area (TPSA) is 38.3 Å². The van der Waals surface area contributed by atoms with Gasteiger partial charge in [-0.15, -0.1) is 11.8 Å². The molecule has 0 bridgehead atoms. The third-order valence-electron chi connectivity index (χ3n) is 3.76. The van der Waals surface area contributed by atoms with Crippen LogP contribution in [0.25, 0.3) is 0 Å². The van der Waals surface area contributed by atoms with Gasteiger partial charge in [-0.3, -0.25) is 4.79 Å². The molecule has 24 heavy (non-hydrogen) atoms. The molecule has 1 aliphatic heterocycles. The van der Waals surface area contributed by atoms with Crippen LogP contribution in [0.2, 0.25) is 0 Å². The van der Waals surface area contributed by atoms with Crippen molar-refractivity contribution in [3.05, 3.63) is 57.0 Å². The minimum absolute atomic E-state index is 0.107. The van der Waals surface area contributed by atoms with E-state index in [1.165, 1.54) is 0 Å². The van der Waals surface area contributed by atoms with Gasteiger partial charge in [0.15, 0.2) is 0 Å². The lowest BCUT2D eigenvalue weighted by Crippen LogP contribution is -2.14. The Kier molecular flexibility index (Phi) is 6.38. The molecule has 0 aliphatic carbocycles. The molecule has 0 spiro atoms. The van der Waals surface area contributed by atoms with Crippen molar-refractivity contribution in [2.75, 3.05) is 17.7 Å². The molecule has 2 aromatic rings. The van der Waals surface area contributed by atoms with Gasteiger partial charge in [-0.2, -0.15) is 0 Å². The van der Waals surface area contributed by atoms with Gasteiger partial charge in [-0.05, 0) is 59.1 Å². The first-order valence-electron chi connectivity index (χ1n) is 7.73. The molecule has 1 unspecified atom stereocenters. The predicted octanol–water partition coefficient (Wildman–Crippen LogP) is 5.74. The SMILES string of the molecule is O=C(Nc1cc(Br)ccc1Br)c1ccccc1SCC1CCCO1. The van der Waals surface area contributed by atoms with Crippen LogP contribution in [0.5, 0.6) is 0 Å². The number of benzene rings is 2. The summed E-state index contributed by atoms with van der Waals surface area (Å²) in [6.45, 7) is 0.851. The van der Waals surface area contributed by atoms with E-state index in [1.807, 2.05) is 42.5 Å².